The lowest BCUT2D eigenvalue weighted by Crippen LogP contribution is -3.00. The zero-order valence-electron chi connectivity index (χ0n) is 13.4. The van der Waals surface area contributed by atoms with E-state index in [1.807, 2.05) is 0 Å². The van der Waals surface area contributed by atoms with Crippen molar-refractivity contribution in [1.29, 1.82) is 0 Å². The van der Waals surface area contributed by atoms with Crippen LogP contribution >= 0.6 is 0 Å². The summed E-state index contributed by atoms with van der Waals surface area (Å²) in [5.74, 6) is 0. The first kappa shape index (κ1) is 21.7. The summed E-state index contributed by atoms with van der Waals surface area (Å²) in [6.45, 7) is 4.72. The molecule has 20 heavy (non-hydrogen) atoms. The first-order valence-electron chi connectivity index (χ1n) is 7.50. The van der Waals surface area contributed by atoms with Crippen molar-refractivity contribution in [3.63, 3.8) is 0 Å². The summed E-state index contributed by atoms with van der Waals surface area (Å²) in [6, 6.07) is 10.8. The van der Waals surface area contributed by atoms with Gasteiger partial charge in [-0.15, -0.1) is 0 Å². The lowest BCUT2D eigenvalue weighted by Gasteiger charge is -2.30. The van der Waals surface area contributed by atoms with Crippen LogP contribution in [-0.4, -0.2) is 30.6 Å². The Bertz CT molecular complexity index is 314. The fourth-order valence-corrected chi connectivity index (χ4v) is 2.48. The maximum Gasteiger partial charge on any atom is 0.104 e. The van der Waals surface area contributed by atoms with Crippen LogP contribution in [0.25, 0.3) is 0 Å². The zero-order valence-corrected chi connectivity index (χ0v) is 14.1. The molecular weight excluding hydrogens is 270 g/mol. The van der Waals surface area contributed by atoms with Crippen molar-refractivity contribution in [1.82, 2.24) is 0 Å². The van der Waals surface area contributed by atoms with E-state index < -0.39 is 0 Å². The second kappa shape index (κ2) is 12.2. The molecule has 0 unspecified atom stereocenters. The van der Waals surface area contributed by atoms with Gasteiger partial charge in [0.2, 0.25) is 0 Å². The van der Waals surface area contributed by atoms with E-state index in [1.54, 1.807) is 0 Å². The van der Waals surface area contributed by atoms with Crippen molar-refractivity contribution in [2.24, 2.45) is 0 Å². The van der Waals surface area contributed by atoms with Gasteiger partial charge in [-0.05, 0) is 12.8 Å². The summed E-state index contributed by atoms with van der Waals surface area (Å²) in [5, 5.41) is 0. The molecule has 0 heterocycles. The number of benzene rings is 1. The summed E-state index contributed by atoms with van der Waals surface area (Å²) in [7, 11) is 4.69. The molecule has 0 saturated carbocycles. The minimum atomic E-state index is 0. The fourth-order valence-electron chi connectivity index (χ4n) is 2.48. The fraction of sp³-hybridized carbons (Fsp3) is 0.647. The normalized spacial score (nSPS) is 10.6. The summed E-state index contributed by atoms with van der Waals surface area (Å²) in [6.07, 6.45) is 8.35. The molecule has 0 spiro atoms. The van der Waals surface area contributed by atoms with E-state index in [-0.39, 0.29) is 17.9 Å². The van der Waals surface area contributed by atoms with Crippen molar-refractivity contribution in [2.75, 3.05) is 20.6 Å². The molecule has 1 aromatic rings. The molecule has 0 aliphatic heterocycles. The van der Waals surface area contributed by atoms with Gasteiger partial charge in [0.15, 0.2) is 0 Å². The van der Waals surface area contributed by atoms with E-state index in [2.05, 4.69) is 51.4 Å². The Hall–Kier alpha value is -0.570. The molecule has 0 atom stereocenters. The van der Waals surface area contributed by atoms with E-state index in [0.717, 1.165) is 11.0 Å². The second-order valence-electron chi connectivity index (χ2n) is 6.07. The van der Waals surface area contributed by atoms with Gasteiger partial charge in [-0.3, -0.25) is 0 Å². The standard InChI is InChI=1S/C17H30N.ClH.H2O/c1-4-5-6-7-8-12-15-18(2,3)16-17-13-10-9-11-14-17;;/h9-11,13-14H,4-8,12,15-16H2,1-3H3;1H;1H2/q+1;;/p-1. The van der Waals surface area contributed by atoms with Crippen molar-refractivity contribution in [3.8, 4) is 0 Å². The van der Waals surface area contributed by atoms with E-state index in [1.165, 1.54) is 50.6 Å². The Labute approximate surface area is 131 Å². The summed E-state index contributed by atoms with van der Waals surface area (Å²) in [4.78, 5) is 0. The molecular formula is C17H32ClNO. The van der Waals surface area contributed by atoms with Gasteiger partial charge in [-0.25, -0.2) is 0 Å². The van der Waals surface area contributed by atoms with Crippen LogP contribution in [0.1, 0.15) is 51.0 Å². The monoisotopic (exact) mass is 301 g/mol. The summed E-state index contributed by atoms with van der Waals surface area (Å²) in [5.41, 5.74) is 1.45. The molecule has 0 aliphatic carbocycles. The van der Waals surface area contributed by atoms with Crippen molar-refractivity contribution in [3.05, 3.63) is 35.9 Å². The third-order valence-electron chi connectivity index (χ3n) is 3.57. The number of unbranched alkanes of at least 4 members (excludes halogenated alkanes) is 5. The van der Waals surface area contributed by atoms with Gasteiger partial charge in [-0.2, -0.15) is 0 Å². The third kappa shape index (κ3) is 10.2. The first-order valence-corrected chi connectivity index (χ1v) is 7.50. The Morgan fingerprint density at radius 2 is 1.40 bits per heavy atom. The van der Waals surface area contributed by atoms with Gasteiger partial charge >= 0.3 is 0 Å². The van der Waals surface area contributed by atoms with Crippen LogP contribution in [-0.2, 0) is 6.54 Å². The van der Waals surface area contributed by atoms with E-state index >= 15 is 0 Å². The van der Waals surface area contributed by atoms with Crippen LogP contribution in [0.15, 0.2) is 30.3 Å². The Kier molecular flexibility index (Phi) is 13.2. The van der Waals surface area contributed by atoms with Crippen LogP contribution in [0.2, 0.25) is 0 Å². The van der Waals surface area contributed by atoms with Gasteiger partial charge in [0.1, 0.15) is 6.54 Å². The Morgan fingerprint density at radius 3 is 2.00 bits per heavy atom. The third-order valence-corrected chi connectivity index (χ3v) is 3.57. The molecule has 0 amide bonds. The number of rotatable bonds is 9. The second-order valence-corrected chi connectivity index (χ2v) is 6.07. The molecule has 118 valence electrons. The Balaban J connectivity index is 0. The minimum absolute atomic E-state index is 0. The zero-order chi connectivity index (χ0) is 13.3. The molecule has 0 aromatic heterocycles. The molecule has 0 aliphatic rings. The highest BCUT2D eigenvalue weighted by molar-refractivity contribution is 5.13. The largest absolute Gasteiger partial charge is 1.00 e. The molecule has 0 radical (unpaired) electrons. The highest BCUT2D eigenvalue weighted by Crippen LogP contribution is 2.12. The quantitative estimate of drug-likeness (QED) is 0.477. The molecule has 2 nitrogen and oxygen atoms in total. The predicted molar refractivity (Wildman–Crippen MR) is 84.1 cm³/mol. The maximum absolute atomic E-state index is 2.35. The Morgan fingerprint density at radius 1 is 0.850 bits per heavy atom. The van der Waals surface area contributed by atoms with Gasteiger partial charge < -0.3 is 22.4 Å². The lowest BCUT2D eigenvalue weighted by atomic mass is 10.1. The van der Waals surface area contributed by atoms with Gasteiger partial charge in [0.05, 0.1) is 20.6 Å². The summed E-state index contributed by atoms with van der Waals surface area (Å²) >= 11 is 0. The number of nitrogens with zero attached hydrogens (tertiary/aromatic N) is 1. The maximum atomic E-state index is 2.35. The molecule has 0 saturated heterocycles. The van der Waals surface area contributed by atoms with Crippen molar-refractivity contribution in [2.45, 2.75) is 52.0 Å². The van der Waals surface area contributed by atoms with Crippen molar-refractivity contribution < 1.29 is 22.4 Å². The smallest absolute Gasteiger partial charge is 0.104 e. The highest BCUT2D eigenvalue weighted by Gasteiger charge is 2.14. The molecule has 0 fully saturated rings. The molecule has 1 aromatic carbocycles. The topological polar surface area (TPSA) is 31.5 Å². The lowest BCUT2D eigenvalue weighted by molar-refractivity contribution is -0.903. The van der Waals surface area contributed by atoms with Crippen LogP contribution in [0.3, 0.4) is 0 Å². The molecule has 3 heteroatoms. The van der Waals surface area contributed by atoms with E-state index in [4.69, 9.17) is 0 Å². The predicted octanol–water partition coefficient (Wildman–Crippen LogP) is 0.803. The van der Waals surface area contributed by atoms with Gasteiger partial charge in [-0.1, -0.05) is 62.9 Å². The van der Waals surface area contributed by atoms with E-state index in [0.29, 0.717) is 0 Å². The first-order chi connectivity index (χ1) is 8.64. The highest BCUT2D eigenvalue weighted by atomic mass is 35.5. The van der Waals surface area contributed by atoms with Crippen LogP contribution in [0.5, 0.6) is 0 Å². The summed E-state index contributed by atoms with van der Waals surface area (Å²) < 4.78 is 1.11. The average molecular weight is 302 g/mol. The number of quaternary nitrogens is 1. The molecule has 2 N–H and O–H groups in total. The molecule has 1 rings (SSSR count). The average Bonchev–Trinajstić information content (AvgIpc) is 2.34. The van der Waals surface area contributed by atoms with Crippen LogP contribution < -0.4 is 12.4 Å². The number of hydrogen-bond acceptors (Lipinski definition) is 0. The SMILES string of the molecule is CCCCCCCC[N+](C)(C)Cc1ccccc1.O.[Cl-]. The van der Waals surface area contributed by atoms with E-state index in [9.17, 15) is 0 Å². The van der Waals surface area contributed by atoms with Crippen molar-refractivity contribution >= 4 is 0 Å². The minimum Gasteiger partial charge on any atom is -1.00 e. The number of halogens is 1. The van der Waals surface area contributed by atoms with Gasteiger partial charge in [0.25, 0.3) is 0 Å². The van der Waals surface area contributed by atoms with Crippen LogP contribution in [0, 0.1) is 0 Å². The molecule has 0 bridgehead atoms. The van der Waals surface area contributed by atoms with Gasteiger partial charge in [0, 0.05) is 5.56 Å². The van der Waals surface area contributed by atoms with Crippen LogP contribution in [0.4, 0.5) is 0 Å². The number of hydrogen-bond donors (Lipinski definition) is 0.